The van der Waals surface area contributed by atoms with Crippen molar-refractivity contribution in [2.24, 2.45) is 7.05 Å². The molecule has 4 heteroatoms. The van der Waals surface area contributed by atoms with Gasteiger partial charge < -0.3 is 4.57 Å². The summed E-state index contributed by atoms with van der Waals surface area (Å²) >= 11 is 0. The van der Waals surface area contributed by atoms with Crippen molar-refractivity contribution in [2.45, 2.75) is 6.92 Å². The molecule has 0 aliphatic heterocycles. The zero-order valence-corrected chi connectivity index (χ0v) is 8.02. The lowest BCUT2D eigenvalue weighted by Gasteiger charge is -1.99. The van der Waals surface area contributed by atoms with Gasteiger partial charge in [0.05, 0.1) is 4.92 Å². The first-order chi connectivity index (χ1) is 6.59. The van der Waals surface area contributed by atoms with E-state index in [1.165, 1.54) is 0 Å². The van der Waals surface area contributed by atoms with Crippen LogP contribution in [0.15, 0.2) is 24.4 Å². The van der Waals surface area contributed by atoms with Crippen LogP contribution in [-0.2, 0) is 7.05 Å². The van der Waals surface area contributed by atoms with Gasteiger partial charge in [0.15, 0.2) is 0 Å². The molecule has 0 saturated heterocycles. The third-order valence-corrected chi connectivity index (χ3v) is 2.40. The number of nitrogens with zero attached hydrogens (tertiary/aromatic N) is 2. The van der Waals surface area contributed by atoms with Gasteiger partial charge in [0.2, 0.25) is 0 Å². The lowest BCUT2D eigenvalue weighted by Crippen LogP contribution is -1.92. The molecule has 1 aromatic heterocycles. The fourth-order valence-corrected chi connectivity index (χ4v) is 1.61. The molecule has 0 N–H and O–H groups in total. The van der Waals surface area contributed by atoms with Crippen molar-refractivity contribution in [3.05, 3.63) is 40.1 Å². The molecule has 4 nitrogen and oxygen atoms in total. The van der Waals surface area contributed by atoms with Crippen molar-refractivity contribution >= 4 is 16.6 Å². The number of benzene rings is 1. The average molecular weight is 190 g/mol. The molecule has 0 atom stereocenters. The number of hydrogen-bond donors (Lipinski definition) is 0. The summed E-state index contributed by atoms with van der Waals surface area (Å²) < 4.78 is 1.95. The van der Waals surface area contributed by atoms with Crippen LogP contribution in [0.25, 0.3) is 10.9 Å². The Kier molecular flexibility index (Phi) is 1.77. The average Bonchev–Trinajstić information content (AvgIpc) is 2.46. The molecule has 0 bridgehead atoms. The molecule has 0 unspecified atom stereocenters. The lowest BCUT2D eigenvalue weighted by molar-refractivity contribution is -0.385. The summed E-state index contributed by atoms with van der Waals surface area (Å²) in [6, 6.07) is 5.33. The number of aromatic nitrogens is 1. The van der Waals surface area contributed by atoms with Crippen molar-refractivity contribution in [2.75, 3.05) is 0 Å². The number of fused-ring (bicyclic) bond motifs is 1. The Morgan fingerprint density at radius 2 is 2.14 bits per heavy atom. The minimum atomic E-state index is -0.345. The molecule has 0 radical (unpaired) electrons. The van der Waals surface area contributed by atoms with Gasteiger partial charge in [-0.05, 0) is 19.1 Å². The highest BCUT2D eigenvalue weighted by molar-refractivity contribution is 5.83. The van der Waals surface area contributed by atoms with E-state index in [0.717, 1.165) is 10.9 Å². The standard InChI is InChI=1S/C10H10N2O2/c1-7-5-10-8(3-4-11(10)2)6-9(7)12(13)14/h3-6H,1-2H3. The van der Waals surface area contributed by atoms with E-state index in [0.29, 0.717) is 5.56 Å². The molecule has 72 valence electrons. The maximum atomic E-state index is 10.7. The van der Waals surface area contributed by atoms with Crippen LogP contribution in [0.2, 0.25) is 0 Å². The van der Waals surface area contributed by atoms with Gasteiger partial charge in [-0.25, -0.2) is 0 Å². The van der Waals surface area contributed by atoms with Crippen LogP contribution in [0.5, 0.6) is 0 Å². The highest BCUT2D eigenvalue weighted by Crippen LogP contribution is 2.25. The van der Waals surface area contributed by atoms with Crippen LogP contribution in [0.3, 0.4) is 0 Å². The topological polar surface area (TPSA) is 48.1 Å². The molecule has 0 aliphatic rings. The van der Waals surface area contributed by atoms with Crippen molar-refractivity contribution in [3.8, 4) is 0 Å². The van der Waals surface area contributed by atoms with Crippen molar-refractivity contribution < 1.29 is 4.92 Å². The van der Waals surface area contributed by atoms with Crippen LogP contribution >= 0.6 is 0 Å². The van der Waals surface area contributed by atoms with Gasteiger partial charge in [-0.1, -0.05) is 0 Å². The quantitative estimate of drug-likeness (QED) is 0.512. The molecular weight excluding hydrogens is 180 g/mol. The molecule has 0 amide bonds. The van der Waals surface area contributed by atoms with Crippen molar-refractivity contribution in [3.63, 3.8) is 0 Å². The smallest absolute Gasteiger partial charge is 0.273 e. The highest BCUT2D eigenvalue weighted by Gasteiger charge is 2.12. The monoisotopic (exact) mass is 190 g/mol. The second-order valence-corrected chi connectivity index (χ2v) is 3.38. The number of hydrogen-bond acceptors (Lipinski definition) is 2. The van der Waals surface area contributed by atoms with E-state index in [2.05, 4.69) is 0 Å². The molecule has 1 heterocycles. The molecule has 14 heavy (non-hydrogen) atoms. The van der Waals surface area contributed by atoms with Crippen LogP contribution in [0.4, 0.5) is 5.69 Å². The first-order valence-electron chi connectivity index (χ1n) is 4.29. The molecule has 0 spiro atoms. The van der Waals surface area contributed by atoms with Crippen LogP contribution in [0, 0.1) is 17.0 Å². The molecule has 2 rings (SSSR count). The van der Waals surface area contributed by atoms with E-state index >= 15 is 0 Å². The zero-order chi connectivity index (χ0) is 10.3. The summed E-state index contributed by atoms with van der Waals surface area (Å²) in [7, 11) is 1.92. The van der Waals surface area contributed by atoms with Crippen LogP contribution in [-0.4, -0.2) is 9.49 Å². The SMILES string of the molecule is Cc1cc2c(ccn2C)cc1[N+](=O)[O-]. The van der Waals surface area contributed by atoms with E-state index in [1.54, 1.807) is 13.0 Å². The predicted molar refractivity (Wildman–Crippen MR) is 54.3 cm³/mol. The second kappa shape index (κ2) is 2.83. The summed E-state index contributed by atoms with van der Waals surface area (Å²) in [5.74, 6) is 0. The molecular formula is C10H10N2O2. The Morgan fingerprint density at radius 3 is 2.79 bits per heavy atom. The van der Waals surface area contributed by atoms with Gasteiger partial charge in [0, 0.05) is 35.8 Å². The van der Waals surface area contributed by atoms with Crippen molar-refractivity contribution in [1.82, 2.24) is 4.57 Å². The van der Waals surface area contributed by atoms with Gasteiger partial charge in [0.1, 0.15) is 0 Å². The summed E-state index contributed by atoms with van der Waals surface area (Å²) in [4.78, 5) is 10.3. The zero-order valence-electron chi connectivity index (χ0n) is 8.02. The third kappa shape index (κ3) is 1.16. The van der Waals surface area contributed by atoms with Gasteiger partial charge in [-0.15, -0.1) is 0 Å². The Hall–Kier alpha value is -1.84. The van der Waals surface area contributed by atoms with E-state index in [-0.39, 0.29) is 10.6 Å². The molecule has 0 aliphatic carbocycles. The van der Waals surface area contributed by atoms with Gasteiger partial charge in [0.25, 0.3) is 5.69 Å². The van der Waals surface area contributed by atoms with Gasteiger partial charge in [-0.3, -0.25) is 10.1 Å². The Labute approximate surface area is 80.9 Å². The Bertz CT molecular complexity index is 514. The summed E-state index contributed by atoms with van der Waals surface area (Å²) in [5, 5.41) is 11.6. The first kappa shape index (κ1) is 8.74. The van der Waals surface area contributed by atoms with Gasteiger partial charge in [-0.2, -0.15) is 0 Å². The minimum absolute atomic E-state index is 0.184. The van der Waals surface area contributed by atoms with Crippen LogP contribution < -0.4 is 0 Å². The first-order valence-corrected chi connectivity index (χ1v) is 4.29. The maximum Gasteiger partial charge on any atom is 0.273 e. The summed E-state index contributed by atoms with van der Waals surface area (Å²) in [5.41, 5.74) is 1.90. The molecule has 0 saturated carbocycles. The van der Waals surface area contributed by atoms with E-state index in [4.69, 9.17) is 0 Å². The number of nitro groups is 1. The van der Waals surface area contributed by atoms with Crippen molar-refractivity contribution in [1.29, 1.82) is 0 Å². The lowest BCUT2D eigenvalue weighted by atomic mass is 10.1. The minimum Gasteiger partial charge on any atom is -0.351 e. The summed E-state index contributed by atoms with van der Waals surface area (Å²) in [6.07, 6.45) is 1.90. The fourth-order valence-electron chi connectivity index (χ4n) is 1.61. The second-order valence-electron chi connectivity index (χ2n) is 3.38. The predicted octanol–water partition coefficient (Wildman–Crippen LogP) is 2.39. The van der Waals surface area contributed by atoms with E-state index in [9.17, 15) is 10.1 Å². The fraction of sp³-hybridized carbons (Fsp3) is 0.200. The normalized spacial score (nSPS) is 10.7. The Balaban J connectivity index is 2.79. The van der Waals surface area contributed by atoms with Gasteiger partial charge >= 0.3 is 0 Å². The number of nitro benzene ring substituents is 1. The number of aryl methyl sites for hydroxylation is 2. The van der Waals surface area contributed by atoms with E-state index in [1.807, 2.05) is 29.9 Å². The summed E-state index contributed by atoms with van der Waals surface area (Å²) in [6.45, 7) is 1.75. The molecule has 1 aromatic carbocycles. The molecule has 2 aromatic rings. The van der Waals surface area contributed by atoms with E-state index < -0.39 is 0 Å². The Morgan fingerprint density at radius 1 is 1.43 bits per heavy atom. The maximum absolute atomic E-state index is 10.7. The highest BCUT2D eigenvalue weighted by atomic mass is 16.6. The number of rotatable bonds is 1. The molecule has 0 fully saturated rings. The largest absolute Gasteiger partial charge is 0.351 e. The van der Waals surface area contributed by atoms with Crippen LogP contribution in [0.1, 0.15) is 5.56 Å². The third-order valence-electron chi connectivity index (χ3n) is 2.40.